The first-order chi connectivity index (χ1) is 9.66. The van der Waals surface area contributed by atoms with Crippen LogP contribution in [0.15, 0.2) is 47.2 Å². The summed E-state index contributed by atoms with van der Waals surface area (Å²) in [4.78, 5) is 4.12. The molecule has 0 aliphatic heterocycles. The van der Waals surface area contributed by atoms with Crippen LogP contribution in [0.2, 0.25) is 0 Å². The van der Waals surface area contributed by atoms with E-state index in [0.717, 1.165) is 16.7 Å². The highest BCUT2D eigenvalue weighted by molar-refractivity contribution is 5.86. The first kappa shape index (κ1) is 12.4. The normalized spacial score (nSPS) is 10.7. The number of pyridine rings is 1. The van der Waals surface area contributed by atoms with E-state index >= 15 is 0 Å². The lowest BCUT2D eigenvalue weighted by Crippen LogP contribution is -1.90. The van der Waals surface area contributed by atoms with Gasteiger partial charge in [0.25, 0.3) is 0 Å². The topological polar surface area (TPSA) is 64.9 Å². The molecule has 1 aromatic carbocycles. The van der Waals surface area contributed by atoms with Gasteiger partial charge in [0, 0.05) is 23.5 Å². The Balaban J connectivity index is 2.18. The van der Waals surface area contributed by atoms with Crippen molar-refractivity contribution in [3.63, 3.8) is 0 Å². The highest BCUT2D eigenvalue weighted by Gasteiger charge is 2.17. The van der Waals surface area contributed by atoms with Gasteiger partial charge in [-0.2, -0.15) is 0 Å². The summed E-state index contributed by atoms with van der Waals surface area (Å²) in [5.41, 5.74) is 11.1. The molecule has 0 radical (unpaired) electrons. The zero-order valence-electron chi connectivity index (χ0n) is 11.4. The predicted octanol–water partition coefficient (Wildman–Crippen LogP) is 3.60. The van der Waals surface area contributed by atoms with Gasteiger partial charge in [0.1, 0.15) is 0 Å². The monoisotopic (exact) mass is 265 g/mol. The van der Waals surface area contributed by atoms with Gasteiger partial charge in [-0.1, -0.05) is 23.4 Å². The zero-order chi connectivity index (χ0) is 14.1. The molecule has 0 saturated heterocycles. The van der Waals surface area contributed by atoms with Gasteiger partial charge in [0.15, 0.2) is 11.6 Å². The van der Waals surface area contributed by atoms with Crippen molar-refractivity contribution < 1.29 is 4.52 Å². The molecule has 0 aliphatic carbocycles. The SMILES string of the molecule is Cc1ccc(-c2onc(N)c2-c2cccnc2)cc1C. The Morgan fingerprint density at radius 1 is 1.05 bits per heavy atom. The van der Waals surface area contributed by atoms with Crippen LogP contribution >= 0.6 is 0 Å². The van der Waals surface area contributed by atoms with Crippen LogP contribution in [-0.4, -0.2) is 10.1 Å². The molecule has 0 aliphatic rings. The van der Waals surface area contributed by atoms with Crippen molar-refractivity contribution in [1.82, 2.24) is 10.1 Å². The maximum absolute atomic E-state index is 5.95. The van der Waals surface area contributed by atoms with E-state index in [2.05, 4.69) is 36.1 Å². The first-order valence-corrected chi connectivity index (χ1v) is 6.40. The van der Waals surface area contributed by atoms with Crippen LogP contribution in [-0.2, 0) is 0 Å². The number of nitrogens with zero attached hydrogens (tertiary/aromatic N) is 2. The third-order valence-electron chi connectivity index (χ3n) is 3.44. The summed E-state index contributed by atoms with van der Waals surface area (Å²) >= 11 is 0. The lowest BCUT2D eigenvalue weighted by atomic mass is 10.00. The van der Waals surface area contributed by atoms with E-state index in [1.54, 1.807) is 12.4 Å². The molecule has 0 unspecified atom stereocenters. The third-order valence-corrected chi connectivity index (χ3v) is 3.44. The summed E-state index contributed by atoms with van der Waals surface area (Å²) in [7, 11) is 0. The van der Waals surface area contributed by atoms with Gasteiger partial charge in [0.2, 0.25) is 0 Å². The molecule has 4 heteroatoms. The molecule has 3 rings (SSSR count). The van der Waals surface area contributed by atoms with Crippen molar-refractivity contribution in [2.45, 2.75) is 13.8 Å². The van der Waals surface area contributed by atoms with Crippen LogP contribution in [0.4, 0.5) is 5.82 Å². The van der Waals surface area contributed by atoms with Crippen molar-refractivity contribution in [2.24, 2.45) is 0 Å². The van der Waals surface area contributed by atoms with Crippen molar-refractivity contribution in [3.05, 3.63) is 53.9 Å². The summed E-state index contributed by atoms with van der Waals surface area (Å²) in [5.74, 6) is 1.06. The molecule has 0 saturated carbocycles. The van der Waals surface area contributed by atoms with Crippen LogP contribution in [0.5, 0.6) is 0 Å². The minimum Gasteiger partial charge on any atom is -0.380 e. The van der Waals surface area contributed by atoms with Crippen molar-refractivity contribution >= 4 is 5.82 Å². The number of nitrogen functional groups attached to an aromatic ring is 1. The largest absolute Gasteiger partial charge is 0.380 e. The molecular formula is C16H15N3O. The van der Waals surface area contributed by atoms with Crippen LogP contribution in [0, 0.1) is 13.8 Å². The zero-order valence-corrected chi connectivity index (χ0v) is 11.4. The third kappa shape index (κ3) is 2.05. The van der Waals surface area contributed by atoms with Crippen LogP contribution < -0.4 is 5.73 Å². The number of benzene rings is 1. The van der Waals surface area contributed by atoms with E-state index in [1.807, 2.05) is 18.2 Å². The number of aromatic nitrogens is 2. The summed E-state index contributed by atoms with van der Waals surface area (Å²) in [6, 6.07) is 9.97. The molecular weight excluding hydrogens is 250 g/mol. The van der Waals surface area contributed by atoms with Gasteiger partial charge in [0.05, 0.1) is 5.56 Å². The summed E-state index contributed by atoms with van der Waals surface area (Å²) in [6.07, 6.45) is 3.48. The second-order valence-corrected chi connectivity index (χ2v) is 4.81. The number of aryl methyl sites for hydroxylation is 2. The second kappa shape index (κ2) is 4.81. The Bertz CT molecular complexity index is 748. The number of hydrogen-bond donors (Lipinski definition) is 1. The molecule has 4 nitrogen and oxygen atoms in total. The maximum atomic E-state index is 5.95. The van der Waals surface area contributed by atoms with Gasteiger partial charge >= 0.3 is 0 Å². The number of rotatable bonds is 2. The van der Waals surface area contributed by atoms with Gasteiger partial charge in [-0.25, -0.2) is 0 Å². The highest BCUT2D eigenvalue weighted by Crippen LogP contribution is 2.36. The minimum atomic E-state index is 0.381. The van der Waals surface area contributed by atoms with E-state index < -0.39 is 0 Å². The van der Waals surface area contributed by atoms with E-state index in [0.29, 0.717) is 11.6 Å². The van der Waals surface area contributed by atoms with E-state index in [1.165, 1.54) is 11.1 Å². The van der Waals surface area contributed by atoms with E-state index in [9.17, 15) is 0 Å². The molecule has 0 fully saturated rings. The van der Waals surface area contributed by atoms with Crippen LogP contribution in [0.3, 0.4) is 0 Å². The number of anilines is 1. The Morgan fingerprint density at radius 2 is 1.90 bits per heavy atom. The fraction of sp³-hybridized carbons (Fsp3) is 0.125. The molecule has 2 N–H and O–H groups in total. The molecule has 3 aromatic rings. The summed E-state index contributed by atoms with van der Waals surface area (Å²) < 4.78 is 5.43. The lowest BCUT2D eigenvalue weighted by molar-refractivity contribution is 0.436. The summed E-state index contributed by atoms with van der Waals surface area (Å²) in [5, 5.41) is 3.90. The number of hydrogen-bond acceptors (Lipinski definition) is 4. The second-order valence-electron chi connectivity index (χ2n) is 4.81. The van der Waals surface area contributed by atoms with Crippen molar-refractivity contribution in [3.8, 4) is 22.5 Å². The Labute approximate surface area is 117 Å². The molecule has 0 amide bonds. The van der Waals surface area contributed by atoms with Crippen LogP contribution in [0.1, 0.15) is 11.1 Å². The Kier molecular flexibility index (Phi) is 2.99. The molecule has 0 spiro atoms. The lowest BCUT2D eigenvalue weighted by Gasteiger charge is -2.05. The highest BCUT2D eigenvalue weighted by atomic mass is 16.5. The Hall–Kier alpha value is -2.62. The van der Waals surface area contributed by atoms with E-state index in [-0.39, 0.29) is 0 Å². The van der Waals surface area contributed by atoms with E-state index in [4.69, 9.17) is 10.3 Å². The molecule has 2 heterocycles. The van der Waals surface area contributed by atoms with Crippen molar-refractivity contribution in [1.29, 1.82) is 0 Å². The quantitative estimate of drug-likeness (QED) is 0.768. The molecule has 100 valence electrons. The average molecular weight is 265 g/mol. The minimum absolute atomic E-state index is 0.381. The molecule has 0 bridgehead atoms. The average Bonchev–Trinajstić information content (AvgIpc) is 2.85. The van der Waals surface area contributed by atoms with Gasteiger partial charge < -0.3 is 10.3 Å². The van der Waals surface area contributed by atoms with Gasteiger partial charge in [-0.05, 0) is 37.1 Å². The fourth-order valence-corrected chi connectivity index (χ4v) is 2.17. The predicted molar refractivity (Wildman–Crippen MR) is 79.1 cm³/mol. The Morgan fingerprint density at radius 3 is 2.60 bits per heavy atom. The van der Waals surface area contributed by atoms with Crippen LogP contribution in [0.25, 0.3) is 22.5 Å². The summed E-state index contributed by atoms with van der Waals surface area (Å²) in [6.45, 7) is 4.15. The fourth-order valence-electron chi connectivity index (χ4n) is 2.17. The molecule has 20 heavy (non-hydrogen) atoms. The maximum Gasteiger partial charge on any atom is 0.176 e. The number of nitrogens with two attached hydrogens (primary N) is 1. The van der Waals surface area contributed by atoms with Gasteiger partial charge in [-0.15, -0.1) is 0 Å². The first-order valence-electron chi connectivity index (χ1n) is 6.40. The van der Waals surface area contributed by atoms with Gasteiger partial charge in [-0.3, -0.25) is 4.98 Å². The smallest absolute Gasteiger partial charge is 0.176 e. The standard InChI is InChI=1S/C16H15N3O/c1-10-5-6-12(8-11(10)2)15-14(16(17)19-20-15)13-4-3-7-18-9-13/h3-9H,1-2H3,(H2,17,19). The molecule has 2 aromatic heterocycles. The molecule has 0 atom stereocenters. The van der Waals surface area contributed by atoms with Crippen molar-refractivity contribution in [2.75, 3.05) is 5.73 Å².